The second kappa shape index (κ2) is 7.42. The molecule has 27 heavy (non-hydrogen) atoms. The summed E-state index contributed by atoms with van der Waals surface area (Å²) >= 11 is 0. The lowest BCUT2D eigenvalue weighted by Gasteiger charge is -2.34. The molecule has 1 aliphatic heterocycles. The quantitative estimate of drug-likeness (QED) is 0.732. The number of hydrogen-bond acceptors (Lipinski definition) is 3. The Balaban J connectivity index is 1.37. The number of benzene rings is 2. The minimum Gasteiger partial charge on any atom is -0.361 e. The van der Waals surface area contributed by atoms with Gasteiger partial charge in [-0.25, -0.2) is 12.8 Å². The minimum atomic E-state index is -3.48. The van der Waals surface area contributed by atoms with Crippen molar-refractivity contribution in [2.75, 3.05) is 32.7 Å². The van der Waals surface area contributed by atoms with Crippen molar-refractivity contribution in [1.29, 1.82) is 0 Å². The fraction of sp³-hybridized carbons (Fsp3) is 0.300. The van der Waals surface area contributed by atoms with E-state index in [0.717, 1.165) is 29.4 Å². The number of piperazine rings is 1. The topological polar surface area (TPSA) is 56.4 Å². The van der Waals surface area contributed by atoms with E-state index in [9.17, 15) is 12.8 Å². The summed E-state index contributed by atoms with van der Waals surface area (Å²) < 4.78 is 40.4. The average molecular weight is 387 g/mol. The number of sulfonamides is 1. The van der Waals surface area contributed by atoms with Gasteiger partial charge in [-0.1, -0.05) is 12.1 Å². The molecule has 142 valence electrons. The highest BCUT2D eigenvalue weighted by Gasteiger charge is 2.28. The van der Waals surface area contributed by atoms with Crippen molar-refractivity contribution in [2.45, 2.75) is 11.3 Å². The van der Waals surface area contributed by atoms with E-state index in [4.69, 9.17) is 0 Å². The van der Waals surface area contributed by atoms with Crippen LogP contribution < -0.4 is 0 Å². The zero-order valence-corrected chi connectivity index (χ0v) is 15.8. The number of nitrogens with one attached hydrogen (secondary N) is 1. The van der Waals surface area contributed by atoms with Gasteiger partial charge in [-0.15, -0.1) is 0 Å². The van der Waals surface area contributed by atoms with Crippen molar-refractivity contribution in [1.82, 2.24) is 14.2 Å². The Morgan fingerprint density at radius 3 is 2.44 bits per heavy atom. The van der Waals surface area contributed by atoms with Gasteiger partial charge in [0, 0.05) is 49.8 Å². The third-order valence-electron chi connectivity index (χ3n) is 5.12. The molecule has 1 N–H and O–H groups in total. The van der Waals surface area contributed by atoms with E-state index in [0.29, 0.717) is 31.1 Å². The Labute approximate surface area is 158 Å². The van der Waals surface area contributed by atoms with Crippen LogP contribution in [0.1, 0.15) is 5.56 Å². The SMILES string of the molecule is O=S(=O)(c1ccc2[nH]ccc2c1)N1CCN(CCc2ccc(F)cc2)CC1. The zero-order valence-electron chi connectivity index (χ0n) is 14.9. The molecule has 7 heteroatoms. The number of aromatic nitrogens is 1. The van der Waals surface area contributed by atoms with Gasteiger partial charge in [0.05, 0.1) is 4.90 Å². The van der Waals surface area contributed by atoms with Gasteiger partial charge in [-0.3, -0.25) is 0 Å². The summed E-state index contributed by atoms with van der Waals surface area (Å²) in [6.07, 6.45) is 2.64. The van der Waals surface area contributed by atoms with Crippen molar-refractivity contribution in [2.24, 2.45) is 0 Å². The molecular formula is C20H22FN3O2S. The molecule has 3 aromatic rings. The molecule has 0 spiro atoms. The van der Waals surface area contributed by atoms with Gasteiger partial charge < -0.3 is 9.88 Å². The van der Waals surface area contributed by atoms with Crippen LogP contribution in [0.4, 0.5) is 4.39 Å². The summed E-state index contributed by atoms with van der Waals surface area (Å²) in [7, 11) is -3.48. The second-order valence-corrected chi connectivity index (χ2v) is 8.79. The van der Waals surface area contributed by atoms with E-state index < -0.39 is 10.0 Å². The first kappa shape index (κ1) is 18.2. The van der Waals surface area contributed by atoms with Crippen molar-refractivity contribution in [3.63, 3.8) is 0 Å². The molecule has 5 nitrogen and oxygen atoms in total. The van der Waals surface area contributed by atoms with Crippen LogP contribution in [-0.4, -0.2) is 55.3 Å². The third-order valence-corrected chi connectivity index (χ3v) is 7.02. The number of aromatic amines is 1. The van der Waals surface area contributed by atoms with E-state index in [2.05, 4.69) is 9.88 Å². The highest BCUT2D eigenvalue weighted by Crippen LogP contribution is 2.22. The van der Waals surface area contributed by atoms with E-state index in [1.54, 1.807) is 40.8 Å². The van der Waals surface area contributed by atoms with E-state index in [-0.39, 0.29) is 5.82 Å². The van der Waals surface area contributed by atoms with Gasteiger partial charge in [0.15, 0.2) is 0 Å². The Hall–Kier alpha value is -2.22. The number of rotatable bonds is 5. The Morgan fingerprint density at radius 2 is 1.70 bits per heavy atom. The van der Waals surface area contributed by atoms with Crippen molar-refractivity contribution >= 4 is 20.9 Å². The molecule has 2 aromatic carbocycles. The lowest BCUT2D eigenvalue weighted by molar-refractivity contribution is 0.190. The molecule has 0 bridgehead atoms. The largest absolute Gasteiger partial charge is 0.361 e. The van der Waals surface area contributed by atoms with Crippen molar-refractivity contribution in [3.8, 4) is 0 Å². The predicted molar refractivity (Wildman–Crippen MR) is 104 cm³/mol. The first-order valence-corrected chi connectivity index (χ1v) is 10.5. The van der Waals surface area contributed by atoms with Gasteiger partial charge in [-0.05, 0) is 48.4 Å². The monoisotopic (exact) mass is 387 g/mol. The van der Waals surface area contributed by atoms with Crippen LogP contribution in [0, 0.1) is 5.82 Å². The standard InChI is InChI=1S/C20H22FN3O2S/c21-18-3-1-16(2-4-18)8-10-23-11-13-24(14-12-23)27(25,26)19-5-6-20-17(15-19)7-9-22-20/h1-7,9,15,22H,8,10-14H2. The molecule has 1 fully saturated rings. The average Bonchev–Trinajstić information content (AvgIpc) is 3.16. The van der Waals surface area contributed by atoms with E-state index in [1.165, 1.54) is 12.1 Å². The first-order chi connectivity index (χ1) is 13.0. The molecule has 4 rings (SSSR count). The molecule has 1 aromatic heterocycles. The maximum absolute atomic E-state index is 13.0. The number of hydrogen-bond donors (Lipinski definition) is 1. The Morgan fingerprint density at radius 1 is 0.963 bits per heavy atom. The summed E-state index contributed by atoms with van der Waals surface area (Å²) in [6.45, 7) is 3.21. The van der Waals surface area contributed by atoms with Crippen LogP contribution >= 0.6 is 0 Å². The van der Waals surface area contributed by atoms with Gasteiger partial charge in [0.2, 0.25) is 10.0 Å². The first-order valence-electron chi connectivity index (χ1n) is 9.06. The molecule has 0 unspecified atom stereocenters. The molecule has 1 aliphatic rings. The van der Waals surface area contributed by atoms with Gasteiger partial charge in [0.1, 0.15) is 5.82 Å². The van der Waals surface area contributed by atoms with Crippen LogP contribution in [0.3, 0.4) is 0 Å². The molecule has 0 saturated carbocycles. The normalized spacial score (nSPS) is 16.8. The summed E-state index contributed by atoms with van der Waals surface area (Å²) in [5, 5.41) is 0.897. The number of halogens is 1. The zero-order chi connectivity index (χ0) is 18.9. The van der Waals surface area contributed by atoms with Crippen LogP contribution in [0.2, 0.25) is 0 Å². The van der Waals surface area contributed by atoms with E-state index >= 15 is 0 Å². The highest BCUT2D eigenvalue weighted by atomic mass is 32.2. The highest BCUT2D eigenvalue weighted by molar-refractivity contribution is 7.89. The van der Waals surface area contributed by atoms with Crippen LogP contribution in [0.25, 0.3) is 10.9 Å². The van der Waals surface area contributed by atoms with Crippen molar-refractivity contribution in [3.05, 3.63) is 66.1 Å². The summed E-state index contributed by atoms with van der Waals surface area (Å²) in [6, 6.07) is 13.6. The molecule has 1 saturated heterocycles. The fourth-order valence-electron chi connectivity index (χ4n) is 3.47. The van der Waals surface area contributed by atoms with Gasteiger partial charge in [-0.2, -0.15) is 4.31 Å². The fourth-order valence-corrected chi connectivity index (χ4v) is 4.93. The molecule has 2 heterocycles. The number of nitrogens with zero attached hydrogens (tertiary/aromatic N) is 2. The molecule has 0 amide bonds. The van der Waals surface area contributed by atoms with Crippen LogP contribution in [-0.2, 0) is 16.4 Å². The Kier molecular flexibility index (Phi) is 4.99. The maximum atomic E-state index is 13.0. The molecular weight excluding hydrogens is 365 g/mol. The lowest BCUT2D eigenvalue weighted by Crippen LogP contribution is -2.48. The van der Waals surface area contributed by atoms with Crippen molar-refractivity contribution < 1.29 is 12.8 Å². The molecule has 0 radical (unpaired) electrons. The number of H-pyrrole nitrogens is 1. The second-order valence-electron chi connectivity index (χ2n) is 6.85. The van der Waals surface area contributed by atoms with Crippen LogP contribution in [0.15, 0.2) is 59.6 Å². The summed E-state index contributed by atoms with van der Waals surface area (Å²) in [5.41, 5.74) is 2.02. The predicted octanol–water partition coefficient (Wildman–Crippen LogP) is 2.86. The van der Waals surface area contributed by atoms with E-state index in [1.807, 2.05) is 6.07 Å². The third kappa shape index (κ3) is 3.90. The molecule has 0 aliphatic carbocycles. The number of fused-ring (bicyclic) bond motifs is 1. The van der Waals surface area contributed by atoms with Crippen LogP contribution in [0.5, 0.6) is 0 Å². The summed E-state index contributed by atoms with van der Waals surface area (Å²) in [5.74, 6) is -0.226. The smallest absolute Gasteiger partial charge is 0.243 e. The lowest BCUT2D eigenvalue weighted by atomic mass is 10.1. The summed E-state index contributed by atoms with van der Waals surface area (Å²) in [4.78, 5) is 5.67. The molecule has 0 atom stereocenters. The maximum Gasteiger partial charge on any atom is 0.243 e. The Bertz CT molecular complexity index is 1020. The van der Waals surface area contributed by atoms with Gasteiger partial charge in [0.25, 0.3) is 0 Å². The minimum absolute atomic E-state index is 0.226. The van der Waals surface area contributed by atoms with Gasteiger partial charge >= 0.3 is 0 Å².